The van der Waals surface area contributed by atoms with Gasteiger partial charge in [-0.15, -0.1) is 0 Å². The van der Waals surface area contributed by atoms with Crippen LogP contribution in [0.1, 0.15) is 45.6 Å². The molecule has 2 saturated carbocycles. The van der Waals surface area contributed by atoms with Crippen LogP contribution in [0.3, 0.4) is 0 Å². The highest BCUT2D eigenvalue weighted by Crippen LogP contribution is 2.61. The van der Waals surface area contributed by atoms with Gasteiger partial charge in [0.2, 0.25) is 0 Å². The molecular formula is C20H27N3S. The van der Waals surface area contributed by atoms with Crippen LogP contribution in [0, 0.1) is 17.3 Å². The molecule has 24 heavy (non-hydrogen) atoms. The van der Waals surface area contributed by atoms with Crippen LogP contribution < -0.4 is 10.7 Å². The summed E-state index contributed by atoms with van der Waals surface area (Å²) >= 11 is 5.46. The lowest BCUT2D eigenvalue weighted by atomic mass is 9.64. The predicted molar refractivity (Wildman–Crippen MR) is 106 cm³/mol. The average molecular weight is 342 g/mol. The SMILES string of the molecule is CC1(C)[C@@H]2CC[C@H](C2)[C@@]1(C)NC(=S)N/N=C\C=C\c1ccccc1. The normalized spacial score (nSPS) is 31.0. The maximum Gasteiger partial charge on any atom is 0.187 e. The molecule has 0 heterocycles. The number of rotatable bonds is 4. The van der Waals surface area contributed by atoms with Gasteiger partial charge >= 0.3 is 0 Å². The van der Waals surface area contributed by atoms with E-state index in [1.807, 2.05) is 30.4 Å². The zero-order valence-electron chi connectivity index (χ0n) is 14.8. The van der Waals surface area contributed by atoms with E-state index >= 15 is 0 Å². The van der Waals surface area contributed by atoms with E-state index in [2.05, 4.69) is 48.7 Å². The molecule has 3 nitrogen and oxygen atoms in total. The van der Waals surface area contributed by atoms with Crippen molar-refractivity contribution in [1.82, 2.24) is 10.7 Å². The molecule has 0 aromatic heterocycles. The van der Waals surface area contributed by atoms with E-state index in [-0.39, 0.29) is 11.0 Å². The lowest BCUT2D eigenvalue weighted by Crippen LogP contribution is -2.60. The summed E-state index contributed by atoms with van der Waals surface area (Å²) < 4.78 is 0. The smallest absolute Gasteiger partial charge is 0.187 e. The van der Waals surface area contributed by atoms with Gasteiger partial charge in [0, 0.05) is 11.8 Å². The Balaban J connectivity index is 1.53. The Bertz CT molecular complexity index is 650. The molecule has 0 aliphatic heterocycles. The number of allylic oxidation sites excluding steroid dienone is 1. The Labute approximate surface area is 150 Å². The number of hydrogen-bond acceptors (Lipinski definition) is 2. The molecule has 2 aliphatic carbocycles. The first kappa shape index (κ1) is 17.2. The summed E-state index contributed by atoms with van der Waals surface area (Å²) in [7, 11) is 0. The molecular weight excluding hydrogens is 314 g/mol. The Morgan fingerprint density at radius 1 is 1.17 bits per heavy atom. The first-order valence-electron chi connectivity index (χ1n) is 8.76. The molecule has 0 unspecified atom stereocenters. The van der Waals surface area contributed by atoms with Gasteiger partial charge in [-0.2, -0.15) is 5.10 Å². The standard InChI is InChI=1S/C20H27N3S/c1-19(2)16-11-12-17(14-16)20(19,3)22-18(24)23-21-13-7-10-15-8-5-4-6-9-15/h4-10,13,16-17H,11-12,14H2,1-3H3,(H2,22,23,24)/b10-7+,21-13-/t16-,17-,20-/m1/s1. The van der Waals surface area contributed by atoms with Gasteiger partial charge in [-0.1, -0.05) is 50.3 Å². The van der Waals surface area contributed by atoms with E-state index in [1.54, 1.807) is 6.21 Å². The molecule has 0 saturated heterocycles. The number of nitrogens with one attached hydrogen (secondary N) is 2. The molecule has 1 aromatic rings. The lowest BCUT2D eigenvalue weighted by Gasteiger charge is -2.48. The Morgan fingerprint density at radius 2 is 1.88 bits per heavy atom. The summed E-state index contributed by atoms with van der Waals surface area (Å²) in [4.78, 5) is 0. The van der Waals surface area contributed by atoms with Crippen LogP contribution in [0.25, 0.3) is 6.08 Å². The number of thiocarbonyl (C=S) groups is 1. The van der Waals surface area contributed by atoms with Crippen LogP contribution in [-0.4, -0.2) is 16.9 Å². The van der Waals surface area contributed by atoms with Crippen molar-refractivity contribution in [3.8, 4) is 0 Å². The third kappa shape index (κ3) is 3.12. The van der Waals surface area contributed by atoms with Gasteiger partial charge in [-0.25, -0.2) is 0 Å². The van der Waals surface area contributed by atoms with Gasteiger partial charge in [0.25, 0.3) is 0 Å². The molecule has 2 aliphatic rings. The molecule has 128 valence electrons. The summed E-state index contributed by atoms with van der Waals surface area (Å²) in [6, 6.07) is 10.2. The van der Waals surface area contributed by atoms with E-state index in [1.165, 1.54) is 19.3 Å². The van der Waals surface area contributed by atoms with E-state index in [4.69, 9.17) is 12.2 Å². The second-order valence-electron chi connectivity index (χ2n) is 7.74. The van der Waals surface area contributed by atoms with E-state index in [9.17, 15) is 0 Å². The fraction of sp³-hybridized carbons (Fsp3) is 0.500. The summed E-state index contributed by atoms with van der Waals surface area (Å²) in [5, 5.41) is 8.39. The molecule has 2 N–H and O–H groups in total. The summed E-state index contributed by atoms with van der Waals surface area (Å²) in [5.41, 5.74) is 4.42. The maximum absolute atomic E-state index is 5.46. The van der Waals surface area contributed by atoms with Crippen molar-refractivity contribution in [1.29, 1.82) is 0 Å². The van der Waals surface area contributed by atoms with E-state index < -0.39 is 0 Å². The van der Waals surface area contributed by atoms with Crippen molar-refractivity contribution >= 4 is 29.6 Å². The first-order chi connectivity index (χ1) is 11.4. The summed E-state index contributed by atoms with van der Waals surface area (Å²) in [6.45, 7) is 7.07. The first-order valence-corrected chi connectivity index (χ1v) is 9.17. The quantitative estimate of drug-likeness (QED) is 0.485. The van der Waals surface area contributed by atoms with Gasteiger partial charge in [0.05, 0.1) is 0 Å². The largest absolute Gasteiger partial charge is 0.355 e. The maximum atomic E-state index is 5.46. The summed E-state index contributed by atoms with van der Waals surface area (Å²) in [6.07, 6.45) is 9.65. The van der Waals surface area contributed by atoms with Crippen LogP contribution in [0.15, 0.2) is 41.5 Å². The molecule has 3 atom stereocenters. The fourth-order valence-electron chi connectivity index (χ4n) is 4.50. The topological polar surface area (TPSA) is 36.4 Å². The van der Waals surface area contributed by atoms with Crippen LogP contribution in [0.4, 0.5) is 0 Å². The van der Waals surface area contributed by atoms with E-state index in [0.717, 1.165) is 11.5 Å². The molecule has 2 fully saturated rings. The predicted octanol–water partition coefficient (Wildman–Crippen LogP) is 4.36. The van der Waals surface area contributed by atoms with Gasteiger partial charge in [-0.05, 0) is 67.3 Å². The Kier molecular flexibility index (Phi) is 4.77. The van der Waals surface area contributed by atoms with Crippen molar-refractivity contribution < 1.29 is 0 Å². The minimum absolute atomic E-state index is 0.0510. The second kappa shape index (κ2) is 6.67. The molecule has 0 amide bonds. The highest BCUT2D eigenvalue weighted by molar-refractivity contribution is 7.80. The molecule has 0 radical (unpaired) electrons. The van der Waals surface area contributed by atoms with Crippen LogP contribution in [-0.2, 0) is 0 Å². The number of nitrogens with zero attached hydrogens (tertiary/aromatic N) is 1. The van der Waals surface area contributed by atoms with Crippen molar-refractivity contribution in [2.24, 2.45) is 22.4 Å². The van der Waals surface area contributed by atoms with Crippen LogP contribution in [0.5, 0.6) is 0 Å². The highest BCUT2D eigenvalue weighted by Gasteiger charge is 2.60. The van der Waals surface area contributed by atoms with Gasteiger partial charge < -0.3 is 5.32 Å². The Hall–Kier alpha value is -1.68. The summed E-state index contributed by atoms with van der Waals surface area (Å²) in [5.74, 6) is 1.51. The van der Waals surface area contributed by atoms with Crippen LogP contribution >= 0.6 is 12.2 Å². The van der Waals surface area contributed by atoms with Crippen molar-refractivity contribution in [2.75, 3.05) is 0 Å². The highest BCUT2D eigenvalue weighted by atomic mass is 32.1. The Morgan fingerprint density at radius 3 is 2.54 bits per heavy atom. The minimum atomic E-state index is 0.0510. The monoisotopic (exact) mass is 341 g/mol. The fourth-order valence-corrected chi connectivity index (χ4v) is 4.76. The lowest BCUT2D eigenvalue weighted by molar-refractivity contribution is 0.0833. The third-order valence-electron chi connectivity index (χ3n) is 6.40. The van der Waals surface area contributed by atoms with Crippen LogP contribution in [0.2, 0.25) is 0 Å². The zero-order valence-corrected chi connectivity index (χ0v) is 15.6. The molecule has 3 rings (SSSR count). The van der Waals surface area contributed by atoms with Gasteiger partial charge in [0.1, 0.15) is 0 Å². The van der Waals surface area contributed by atoms with Crippen molar-refractivity contribution in [3.63, 3.8) is 0 Å². The molecule has 0 spiro atoms. The third-order valence-corrected chi connectivity index (χ3v) is 6.59. The zero-order chi connectivity index (χ0) is 17.2. The van der Waals surface area contributed by atoms with Crippen molar-refractivity contribution in [2.45, 2.75) is 45.6 Å². The number of hydrogen-bond donors (Lipinski definition) is 2. The van der Waals surface area contributed by atoms with Gasteiger partial charge in [0.15, 0.2) is 5.11 Å². The molecule has 2 bridgehead atoms. The number of benzene rings is 1. The number of fused-ring (bicyclic) bond motifs is 2. The van der Waals surface area contributed by atoms with Gasteiger partial charge in [-0.3, -0.25) is 5.43 Å². The second-order valence-corrected chi connectivity index (χ2v) is 8.15. The average Bonchev–Trinajstić information content (AvgIpc) is 3.11. The minimum Gasteiger partial charge on any atom is -0.355 e. The van der Waals surface area contributed by atoms with E-state index in [0.29, 0.717) is 11.0 Å². The van der Waals surface area contributed by atoms with Crippen molar-refractivity contribution in [3.05, 3.63) is 42.0 Å². The number of hydrazone groups is 1. The molecule has 1 aromatic carbocycles. The molecule has 4 heteroatoms.